The minimum absolute atomic E-state index is 0.0365. The number of carbonyl (C=O) groups excluding carboxylic acids is 1. The number of hydrogen-bond donors (Lipinski definition) is 2. The summed E-state index contributed by atoms with van der Waals surface area (Å²) in [5.74, 6) is -0.531. The van der Waals surface area contributed by atoms with Gasteiger partial charge in [-0.1, -0.05) is 0 Å². The van der Waals surface area contributed by atoms with E-state index in [1.807, 2.05) is 0 Å². The summed E-state index contributed by atoms with van der Waals surface area (Å²) in [5, 5.41) is 9.89. The van der Waals surface area contributed by atoms with Crippen LogP contribution in [-0.4, -0.2) is 35.1 Å². The molecular formula is C14H15FN2O2S. The van der Waals surface area contributed by atoms with Crippen molar-refractivity contribution in [3.63, 3.8) is 0 Å². The molecule has 2 heterocycles. The van der Waals surface area contributed by atoms with Gasteiger partial charge in [0.05, 0.1) is 18.3 Å². The standard InChI is InChI=1S/C14H15FN2O2S/c15-8-3-4-11-10(6-8)12(16)13(20-11)14(19)17-5-1-2-9(17)7-18/h3-4,6,9,18H,1-2,5,7,16H2. The van der Waals surface area contributed by atoms with E-state index < -0.39 is 0 Å². The summed E-state index contributed by atoms with van der Waals surface area (Å²) in [5.41, 5.74) is 6.33. The molecule has 1 amide bonds. The lowest BCUT2D eigenvalue weighted by molar-refractivity contribution is 0.0683. The van der Waals surface area contributed by atoms with Gasteiger partial charge >= 0.3 is 0 Å². The Balaban J connectivity index is 2.01. The Morgan fingerprint density at radius 1 is 1.55 bits per heavy atom. The maximum atomic E-state index is 13.3. The second-order valence-corrected chi connectivity index (χ2v) is 6.01. The Kier molecular flexibility index (Phi) is 3.35. The molecule has 2 aromatic rings. The molecular weight excluding hydrogens is 279 g/mol. The number of carbonyl (C=O) groups is 1. The van der Waals surface area contributed by atoms with Crippen LogP contribution in [0.2, 0.25) is 0 Å². The van der Waals surface area contributed by atoms with Crippen LogP contribution in [0, 0.1) is 5.82 Å². The van der Waals surface area contributed by atoms with Gasteiger partial charge in [0, 0.05) is 16.6 Å². The highest BCUT2D eigenvalue weighted by Gasteiger charge is 2.31. The highest BCUT2D eigenvalue weighted by atomic mass is 32.1. The summed E-state index contributed by atoms with van der Waals surface area (Å²) in [6, 6.07) is 4.21. The molecule has 1 saturated heterocycles. The fraction of sp³-hybridized carbons (Fsp3) is 0.357. The van der Waals surface area contributed by atoms with Gasteiger partial charge < -0.3 is 15.7 Å². The smallest absolute Gasteiger partial charge is 0.266 e. The molecule has 1 atom stereocenters. The summed E-state index contributed by atoms with van der Waals surface area (Å²) in [7, 11) is 0. The van der Waals surface area contributed by atoms with Crippen molar-refractivity contribution in [2.45, 2.75) is 18.9 Å². The lowest BCUT2D eigenvalue weighted by Gasteiger charge is -2.22. The van der Waals surface area contributed by atoms with Crippen LogP contribution in [-0.2, 0) is 0 Å². The molecule has 1 aromatic heterocycles. The second-order valence-electron chi connectivity index (χ2n) is 4.96. The Hall–Kier alpha value is -1.66. The largest absolute Gasteiger partial charge is 0.397 e. The zero-order chi connectivity index (χ0) is 14.3. The van der Waals surface area contributed by atoms with E-state index in [2.05, 4.69) is 0 Å². The number of amides is 1. The fourth-order valence-electron chi connectivity index (χ4n) is 2.67. The third-order valence-corrected chi connectivity index (χ3v) is 4.91. The van der Waals surface area contributed by atoms with Crippen LogP contribution in [0.25, 0.3) is 10.1 Å². The maximum Gasteiger partial charge on any atom is 0.266 e. The summed E-state index contributed by atoms with van der Waals surface area (Å²) in [6.07, 6.45) is 1.69. The minimum atomic E-state index is -0.365. The molecule has 0 aliphatic carbocycles. The SMILES string of the molecule is Nc1c(C(=O)N2CCCC2CO)sc2ccc(F)cc12. The number of nitrogen functional groups attached to an aromatic ring is 1. The van der Waals surface area contributed by atoms with Crippen molar-refractivity contribution in [2.75, 3.05) is 18.9 Å². The van der Waals surface area contributed by atoms with Crippen LogP contribution in [0.15, 0.2) is 18.2 Å². The van der Waals surface area contributed by atoms with Crippen LogP contribution in [0.4, 0.5) is 10.1 Å². The predicted octanol–water partition coefficient (Wildman–Crippen LogP) is 2.22. The van der Waals surface area contributed by atoms with E-state index in [9.17, 15) is 14.3 Å². The lowest BCUT2D eigenvalue weighted by Crippen LogP contribution is -2.37. The molecule has 1 aliphatic rings. The third-order valence-electron chi connectivity index (χ3n) is 3.73. The molecule has 0 bridgehead atoms. The number of aliphatic hydroxyl groups is 1. The van der Waals surface area contributed by atoms with Gasteiger partial charge in [0.2, 0.25) is 0 Å². The zero-order valence-corrected chi connectivity index (χ0v) is 11.6. The van der Waals surface area contributed by atoms with Gasteiger partial charge in [0.25, 0.3) is 5.91 Å². The predicted molar refractivity (Wildman–Crippen MR) is 77.3 cm³/mol. The number of nitrogens with two attached hydrogens (primary N) is 1. The molecule has 1 aliphatic heterocycles. The molecule has 106 valence electrons. The van der Waals surface area contributed by atoms with Gasteiger partial charge in [0.15, 0.2) is 0 Å². The summed E-state index contributed by atoms with van der Waals surface area (Å²) in [6.45, 7) is 0.595. The molecule has 20 heavy (non-hydrogen) atoms. The minimum Gasteiger partial charge on any atom is -0.397 e. The van der Waals surface area contributed by atoms with Crippen LogP contribution in [0.5, 0.6) is 0 Å². The van der Waals surface area contributed by atoms with E-state index >= 15 is 0 Å². The number of fused-ring (bicyclic) bond motifs is 1. The molecule has 1 unspecified atom stereocenters. The van der Waals surface area contributed by atoms with Crippen molar-refractivity contribution >= 4 is 33.0 Å². The molecule has 6 heteroatoms. The van der Waals surface area contributed by atoms with Crippen molar-refractivity contribution in [2.24, 2.45) is 0 Å². The van der Waals surface area contributed by atoms with E-state index in [0.717, 1.165) is 17.5 Å². The first kappa shape index (κ1) is 13.3. The number of aliphatic hydroxyl groups excluding tert-OH is 1. The van der Waals surface area contributed by atoms with Crippen molar-refractivity contribution in [3.8, 4) is 0 Å². The number of halogens is 1. The van der Waals surface area contributed by atoms with Gasteiger partial charge in [-0.15, -0.1) is 11.3 Å². The Labute approximate surface area is 119 Å². The van der Waals surface area contributed by atoms with Crippen LogP contribution in [0.3, 0.4) is 0 Å². The van der Waals surface area contributed by atoms with E-state index in [1.54, 1.807) is 11.0 Å². The number of thiophene rings is 1. The van der Waals surface area contributed by atoms with Crippen LogP contribution < -0.4 is 5.73 Å². The Morgan fingerprint density at radius 2 is 2.35 bits per heavy atom. The summed E-state index contributed by atoms with van der Waals surface area (Å²) >= 11 is 1.28. The summed E-state index contributed by atoms with van der Waals surface area (Å²) in [4.78, 5) is 14.6. The first-order chi connectivity index (χ1) is 9.61. The van der Waals surface area contributed by atoms with Gasteiger partial charge in [-0.05, 0) is 31.0 Å². The van der Waals surface area contributed by atoms with E-state index in [0.29, 0.717) is 22.5 Å². The number of hydrogen-bond acceptors (Lipinski definition) is 4. The van der Waals surface area contributed by atoms with Gasteiger partial charge in [-0.2, -0.15) is 0 Å². The van der Waals surface area contributed by atoms with Crippen LogP contribution in [0.1, 0.15) is 22.5 Å². The van der Waals surface area contributed by atoms with Crippen molar-refractivity contribution in [3.05, 3.63) is 28.9 Å². The van der Waals surface area contributed by atoms with Gasteiger partial charge in [-0.25, -0.2) is 4.39 Å². The molecule has 3 N–H and O–H groups in total. The number of likely N-dealkylation sites (tertiary alicyclic amines) is 1. The van der Waals surface area contributed by atoms with E-state index in [1.165, 1.54) is 23.5 Å². The molecule has 1 aromatic carbocycles. The van der Waals surface area contributed by atoms with E-state index in [-0.39, 0.29) is 24.4 Å². The first-order valence-electron chi connectivity index (χ1n) is 6.51. The normalized spacial score (nSPS) is 18.9. The van der Waals surface area contributed by atoms with Crippen LogP contribution >= 0.6 is 11.3 Å². The van der Waals surface area contributed by atoms with E-state index in [4.69, 9.17) is 5.73 Å². The second kappa shape index (κ2) is 5.03. The van der Waals surface area contributed by atoms with Crippen molar-refractivity contribution in [1.29, 1.82) is 0 Å². The average Bonchev–Trinajstić information content (AvgIpc) is 3.03. The topological polar surface area (TPSA) is 66.6 Å². The molecule has 1 fully saturated rings. The summed E-state index contributed by atoms with van der Waals surface area (Å²) < 4.78 is 14.1. The zero-order valence-electron chi connectivity index (χ0n) is 10.8. The van der Waals surface area contributed by atoms with Crippen molar-refractivity contribution in [1.82, 2.24) is 4.90 Å². The lowest BCUT2D eigenvalue weighted by atomic mass is 10.2. The number of nitrogens with zero attached hydrogens (tertiary/aromatic N) is 1. The first-order valence-corrected chi connectivity index (χ1v) is 7.33. The highest BCUT2D eigenvalue weighted by Crippen LogP contribution is 2.36. The van der Waals surface area contributed by atoms with Crippen molar-refractivity contribution < 1.29 is 14.3 Å². The number of benzene rings is 1. The quantitative estimate of drug-likeness (QED) is 0.892. The molecule has 4 nitrogen and oxygen atoms in total. The number of anilines is 1. The maximum absolute atomic E-state index is 13.3. The molecule has 0 saturated carbocycles. The highest BCUT2D eigenvalue weighted by molar-refractivity contribution is 7.21. The Morgan fingerprint density at radius 3 is 3.10 bits per heavy atom. The number of rotatable bonds is 2. The average molecular weight is 294 g/mol. The monoisotopic (exact) mass is 294 g/mol. The Bertz CT molecular complexity index is 670. The van der Waals surface area contributed by atoms with Gasteiger partial charge in [-0.3, -0.25) is 4.79 Å². The molecule has 0 radical (unpaired) electrons. The molecule has 3 rings (SSSR count). The third kappa shape index (κ3) is 2.05. The molecule has 0 spiro atoms. The fourth-order valence-corrected chi connectivity index (χ4v) is 3.73. The van der Waals surface area contributed by atoms with Gasteiger partial charge in [0.1, 0.15) is 10.7 Å².